The molecule has 6 saturated heterocycles. The minimum Gasteiger partial charge on any atom is -0.516 e. The van der Waals surface area contributed by atoms with Crippen LogP contribution in [0.1, 0.15) is 43.7 Å². The summed E-state index contributed by atoms with van der Waals surface area (Å²) in [7, 11) is 0. The van der Waals surface area contributed by atoms with Crippen LogP contribution in [0.4, 0.5) is 11.4 Å². The summed E-state index contributed by atoms with van der Waals surface area (Å²) in [5, 5.41) is 10.7. The number of nitrogens with zero attached hydrogens (tertiary/aromatic N) is 4. The summed E-state index contributed by atoms with van der Waals surface area (Å²) in [5.41, 5.74) is 9.31. The second-order valence-corrected chi connectivity index (χ2v) is 15.6. The second-order valence-electron chi connectivity index (χ2n) is 15.6. The van der Waals surface area contributed by atoms with Crippen molar-refractivity contribution in [3.8, 4) is 0 Å². The smallest absolute Gasteiger partial charge is 0.138 e. The number of aliphatic hydroxyl groups is 1. The Morgan fingerprint density at radius 1 is 0.744 bits per heavy atom. The van der Waals surface area contributed by atoms with Crippen molar-refractivity contribution in [2.24, 2.45) is 23.7 Å². The van der Waals surface area contributed by atoms with E-state index in [1.165, 1.54) is 49.0 Å². The van der Waals surface area contributed by atoms with Crippen LogP contribution in [0.2, 0.25) is 0 Å². The Balaban J connectivity index is 1.16. The van der Waals surface area contributed by atoms with E-state index in [0.29, 0.717) is 47.8 Å². The van der Waals surface area contributed by atoms with Gasteiger partial charge in [-0.25, -0.2) is 0 Å². The Morgan fingerprint density at radius 2 is 1.26 bits per heavy atom. The quantitative estimate of drug-likeness (QED) is 0.363. The lowest BCUT2D eigenvalue weighted by Gasteiger charge is -2.69. The highest BCUT2D eigenvalue weighted by atomic mass is 16.5. The molecule has 12 rings (SSSR count). The van der Waals surface area contributed by atoms with Crippen molar-refractivity contribution in [3.05, 3.63) is 83.1 Å². The summed E-state index contributed by atoms with van der Waals surface area (Å²) in [6.45, 7) is 6.66. The fraction of sp³-hybridized carbons (Fsp3) is 0.568. The van der Waals surface area contributed by atoms with Crippen molar-refractivity contribution in [2.75, 3.05) is 36.0 Å². The molecule has 6 bridgehead atoms. The van der Waals surface area contributed by atoms with Crippen LogP contribution in [0.5, 0.6) is 0 Å². The molecule has 6 heteroatoms. The Hall–Kier alpha value is -2.80. The number of aliphatic hydroxyl groups excluding tert-OH is 1. The number of benzene rings is 2. The number of hydrogen-bond donors (Lipinski definition) is 1. The van der Waals surface area contributed by atoms with Gasteiger partial charge in [-0.05, 0) is 86.4 Å². The molecule has 2 aromatic carbocycles. The van der Waals surface area contributed by atoms with Gasteiger partial charge in [-0.1, -0.05) is 48.0 Å². The molecule has 8 aliphatic heterocycles. The van der Waals surface area contributed by atoms with E-state index in [-0.39, 0.29) is 23.3 Å². The third-order valence-electron chi connectivity index (χ3n) is 15.1. The van der Waals surface area contributed by atoms with Gasteiger partial charge < -0.3 is 19.6 Å². The van der Waals surface area contributed by atoms with Crippen molar-refractivity contribution >= 4 is 11.4 Å². The van der Waals surface area contributed by atoms with Gasteiger partial charge in [0.15, 0.2) is 0 Å². The predicted octanol–water partition coefficient (Wildman–Crippen LogP) is 4.77. The normalized spacial score (nSPS) is 50.6. The van der Waals surface area contributed by atoms with Crippen molar-refractivity contribution in [1.29, 1.82) is 0 Å². The van der Waals surface area contributed by atoms with Gasteiger partial charge in [-0.2, -0.15) is 0 Å². The number of rotatable bonds is 0. The predicted molar refractivity (Wildman–Crippen MR) is 165 cm³/mol. The lowest BCUT2D eigenvalue weighted by Crippen LogP contribution is -2.81. The van der Waals surface area contributed by atoms with Crippen molar-refractivity contribution in [1.82, 2.24) is 9.80 Å². The van der Waals surface area contributed by atoms with Crippen LogP contribution in [0.25, 0.3) is 0 Å². The number of fused-ring (bicyclic) bond motifs is 14. The van der Waals surface area contributed by atoms with Gasteiger partial charge in [-0.3, -0.25) is 9.80 Å². The van der Waals surface area contributed by atoms with Crippen LogP contribution in [-0.4, -0.2) is 77.7 Å². The molecule has 0 aromatic heterocycles. The fourth-order valence-corrected chi connectivity index (χ4v) is 14.0. The second kappa shape index (κ2) is 7.35. The molecule has 2 spiro atoms. The fourth-order valence-electron chi connectivity index (χ4n) is 14.0. The third kappa shape index (κ3) is 2.25. The zero-order valence-corrected chi connectivity index (χ0v) is 24.8. The summed E-state index contributed by atoms with van der Waals surface area (Å²) in [5.74, 6) is 1.66. The van der Waals surface area contributed by atoms with Gasteiger partial charge in [-0.15, -0.1) is 0 Å². The largest absolute Gasteiger partial charge is 0.516 e. The molecule has 2 saturated carbocycles. The number of ether oxygens (including phenoxy) is 1. The summed E-state index contributed by atoms with van der Waals surface area (Å²) in [6, 6.07) is 21.0. The number of allylic oxidation sites excluding steroid dienone is 1. The molecule has 43 heavy (non-hydrogen) atoms. The molecular formula is C37H40N4O2. The van der Waals surface area contributed by atoms with E-state index in [0.717, 1.165) is 26.1 Å². The van der Waals surface area contributed by atoms with E-state index in [4.69, 9.17) is 4.74 Å². The Morgan fingerprint density at radius 3 is 1.79 bits per heavy atom. The number of piperidine rings is 2. The van der Waals surface area contributed by atoms with Crippen LogP contribution >= 0.6 is 0 Å². The van der Waals surface area contributed by atoms with E-state index in [1.54, 1.807) is 16.7 Å². The minimum absolute atomic E-state index is 0.0363. The maximum absolute atomic E-state index is 10.7. The standard InChI is InChI=1S/C37H40N4O2/c1-2-20-17-38-13-11-36-24-7-3-5-9-26(24)40-32(36)30(22(20)15-28(36)38)34-41-27-10-6-4-8-25(27)37-12-14-39-18-21(19-42)23(16-29(37)39)31(33(37)41)35(40)43-34/h2-10,19,22-23,28-35,42H,11-18H2,1H3/t22-,23-,28-,29-,30-,31-,32-,33-,34+,35+,36+,37+/m0/s1. The van der Waals surface area contributed by atoms with Gasteiger partial charge in [0.05, 0.1) is 18.3 Å². The highest BCUT2D eigenvalue weighted by Gasteiger charge is 2.78. The van der Waals surface area contributed by atoms with Gasteiger partial charge >= 0.3 is 0 Å². The van der Waals surface area contributed by atoms with E-state index in [9.17, 15) is 5.11 Å². The van der Waals surface area contributed by atoms with Crippen LogP contribution < -0.4 is 9.80 Å². The van der Waals surface area contributed by atoms with Crippen LogP contribution in [0, 0.1) is 23.7 Å². The molecule has 8 fully saturated rings. The lowest BCUT2D eigenvalue weighted by atomic mass is 9.51. The number of hydrogen-bond acceptors (Lipinski definition) is 6. The molecule has 2 aliphatic carbocycles. The highest BCUT2D eigenvalue weighted by molar-refractivity contribution is 5.73. The van der Waals surface area contributed by atoms with Crippen LogP contribution in [-0.2, 0) is 15.6 Å². The molecule has 12 atom stereocenters. The first-order valence-electron chi connectivity index (χ1n) is 17.1. The maximum Gasteiger partial charge on any atom is 0.138 e. The summed E-state index contributed by atoms with van der Waals surface area (Å²) in [6.07, 6.45) is 8.95. The summed E-state index contributed by atoms with van der Waals surface area (Å²) >= 11 is 0. The van der Waals surface area contributed by atoms with E-state index >= 15 is 0 Å². The maximum atomic E-state index is 10.7. The minimum atomic E-state index is 0.0363. The zero-order valence-electron chi connectivity index (χ0n) is 24.8. The Bertz CT molecular complexity index is 1560. The topological polar surface area (TPSA) is 42.4 Å². The average molecular weight is 573 g/mol. The average Bonchev–Trinajstić information content (AvgIpc) is 3.80. The molecule has 10 aliphatic rings. The van der Waals surface area contributed by atoms with Crippen LogP contribution in [0.3, 0.4) is 0 Å². The first kappa shape index (κ1) is 23.6. The molecule has 220 valence electrons. The monoisotopic (exact) mass is 572 g/mol. The first-order valence-corrected chi connectivity index (χ1v) is 17.1. The molecule has 8 heterocycles. The Labute approximate surface area is 253 Å². The molecule has 0 unspecified atom stereocenters. The highest BCUT2D eigenvalue weighted by Crippen LogP contribution is 2.72. The lowest BCUT2D eigenvalue weighted by molar-refractivity contribution is -0.198. The molecule has 0 amide bonds. The van der Waals surface area contributed by atoms with E-state index in [1.807, 2.05) is 0 Å². The number of para-hydroxylation sites is 2. The molecule has 2 aromatic rings. The zero-order chi connectivity index (χ0) is 28.0. The van der Waals surface area contributed by atoms with Crippen LogP contribution in [0.15, 0.2) is 72.0 Å². The van der Waals surface area contributed by atoms with Gasteiger partial charge in [0.1, 0.15) is 12.5 Å². The molecule has 0 radical (unpaired) electrons. The molecule has 1 N–H and O–H groups in total. The summed E-state index contributed by atoms with van der Waals surface area (Å²) in [4.78, 5) is 11.3. The SMILES string of the molecule is CC=C1CN2CC[C@]34c5ccccc5N5[C@@H]6O[C@H]([C@H]([C@H]53)[C@H]1C[C@H]24)N1c2ccccc2[C@]23CCN4CC(=CO)[C@H](C[C@H]42)[C@H]6[C@H]13. The van der Waals surface area contributed by atoms with E-state index < -0.39 is 0 Å². The van der Waals surface area contributed by atoms with Crippen molar-refractivity contribution in [2.45, 2.75) is 80.1 Å². The van der Waals surface area contributed by atoms with Gasteiger partial charge in [0.25, 0.3) is 0 Å². The van der Waals surface area contributed by atoms with Crippen molar-refractivity contribution in [3.63, 3.8) is 0 Å². The third-order valence-corrected chi connectivity index (χ3v) is 15.1. The Kier molecular flexibility index (Phi) is 4.03. The van der Waals surface area contributed by atoms with Gasteiger partial charge in [0, 0.05) is 59.2 Å². The molecular weight excluding hydrogens is 532 g/mol. The summed E-state index contributed by atoms with van der Waals surface area (Å²) < 4.78 is 7.70. The van der Waals surface area contributed by atoms with E-state index in [2.05, 4.69) is 81.1 Å². The number of anilines is 2. The molecule has 6 nitrogen and oxygen atoms in total. The first-order chi connectivity index (χ1) is 21.2. The van der Waals surface area contributed by atoms with Crippen molar-refractivity contribution < 1.29 is 9.84 Å². The van der Waals surface area contributed by atoms with Gasteiger partial charge in [0.2, 0.25) is 0 Å².